The maximum absolute atomic E-state index is 11.1. The number of halogens is 1. The van der Waals surface area contributed by atoms with E-state index in [1.165, 1.54) is 16.3 Å². The molecule has 2 aromatic heterocycles. The van der Waals surface area contributed by atoms with E-state index in [4.69, 9.17) is 5.84 Å². The van der Waals surface area contributed by atoms with Crippen LogP contribution in [0.1, 0.15) is 0 Å². The van der Waals surface area contributed by atoms with Crippen molar-refractivity contribution >= 4 is 45.2 Å². The lowest BCUT2D eigenvalue weighted by Crippen LogP contribution is -2.35. The molecule has 2 aromatic rings. The van der Waals surface area contributed by atoms with Crippen LogP contribution in [0.5, 0.6) is 0 Å². The highest BCUT2D eigenvalue weighted by Crippen LogP contribution is 2.20. The van der Waals surface area contributed by atoms with E-state index in [0.29, 0.717) is 16.8 Å². The van der Waals surface area contributed by atoms with Crippen LogP contribution in [0.4, 0.5) is 5.95 Å². The van der Waals surface area contributed by atoms with Gasteiger partial charge >= 0.3 is 0 Å². The zero-order valence-corrected chi connectivity index (χ0v) is 11.7. The van der Waals surface area contributed by atoms with Crippen molar-refractivity contribution in [2.75, 3.05) is 18.1 Å². The van der Waals surface area contributed by atoms with Crippen LogP contribution in [0, 0.1) is 0 Å². The van der Waals surface area contributed by atoms with Crippen LogP contribution in [-0.4, -0.2) is 38.3 Å². The maximum Gasteiger partial charge on any atom is 0.253 e. The molecule has 4 N–H and O–H groups in total. The number of aromatic nitrogens is 4. The SMILES string of the molecule is CSc1nc(NCC(=O)NN)n2ncc(Br)c2n1. The second-order valence-corrected chi connectivity index (χ2v) is 4.81. The molecule has 0 fully saturated rings. The number of fused-ring (bicyclic) bond motifs is 1. The van der Waals surface area contributed by atoms with Crippen LogP contribution < -0.4 is 16.6 Å². The molecule has 96 valence electrons. The zero-order chi connectivity index (χ0) is 13.1. The predicted molar refractivity (Wildman–Crippen MR) is 71.1 cm³/mol. The topological polar surface area (TPSA) is 110 Å². The van der Waals surface area contributed by atoms with E-state index in [0.717, 1.165) is 4.47 Å². The summed E-state index contributed by atoms with van der Waals surface area (Å²) in [6, 6.07) is 0. The fourth-order valence-corrected chi connectivity index (χ4v) is 1.95. The fraction of sp³-hybridized carbons (Fsp3) is 0.250. The van der Waals surface area contributed by atoms with Crippen LogP contribution >= 0.6 is 27.7 Å². The number of nitrogens with zero attached hydrogens (tertiary/aromatic N) is 4. The number of anilines is 1. The van der Waals surface area contributed by atoms with Crippen LogP contribution in [0.15, 0.2) is 15.8 Å². The van der Waals surface area contributed by atoms with E-state index in [1.54, 1.807) is 6.20 Å². The van der Waals surface area contributed by atoms with E-state index >= 15 is 0 Å². The Balaban J connectivity index is 2.38. The van der Waals surface area contributed by atoms with Crippen molar-refractivity contribution in [3.63, 3.8) is 0 Å². The molecule has 10 heteroatoms. The number of carbonyl (C=O) groups excluding carboxylic acids is 1. The minimum Gasteiger partial charge on any atom is -0.345 e. The number of hydrogen-bond acceptors (Lipinski definition) is 7. The van der Waals surface area contributed by atoms with Crippen molar-refractivity contribution in [3.8, 4) is 0 Å². The highest BCUT2D eigenvalue weighted by atomic mass is 79.9. The second kappa shape index (κ2) is 5.50. The maximum atomic E-state index is 11.1. The summed E-state index contributed by atoms with van der Waals surface area (Å²) in [6.07, 6.45) is 3.48. The number of nitrogens with two attached hydrogens (primary N) is 1. The minimum atomic E-state index is -0.348. The van der Waals surface area contributed by atoms with Crippen molar-refractivity contribution in [2.24, 2.45) is 5.84 Å². The molecule has 0 radical (unpaired) electrons. The van der Waals surface area contributed by atoms with E-state index in [9.17, 15) is 4.79 Å². The first-order valence-electron chi connectivity index (χ1n) is 4.84. The van der Waals surface area contributed by atoms with Gasteiger partial charge in [0.05, 0.1) is 17.2 Å². The van der Waals surface area contributed by atoms with Gasteiger partial charge in [-0.25, -0.2) is 10.8 Å². The van der Waals surface area contributed by atoms with Gasteiger partial charge in [0.2, 0.25) is 5.95 Å². The third kappa shape index (κ3) is 2.54. The fourth-order valence-electron chi connectivity index (χ4n) is 1.25. The largest absolute Gasteiger partial charge is 0.345 e. The number of rotatable bonds is 4. The standard InChI is InChI=1S/C8H10BrN7OS/c1-18-8-13-6-4(9)2-12-16(6)7(14-8)11-3-5(17)15-10/h2H,3,10H2,1H3,(H,15,17)(H,11,13,14). The second-order valence-electron chi connectivity index (χ2n) is 3.18. The van der Waals surface area contributed by atoms with Gasteiger partial charge in [0.1, 0.15) is 0 Å². The van der Waals surface area contributed by atoms with Gasteiger partial charge in [-0.1, -0.05) is 11.8 Å². The summed E-state index contributed by atoms with van der Waals surface area (Å²) in [5.41, 5.74) is 2.66. The Morgan fingerprint density at radius 3 is 3.06 bits per heavy atom. The van der Waals surface area contributed by atoms with E-state index in [-0.39, 0.29) is 12.5 Å². The lowest BCUT2D eigenvalue weighted by Gasteiger charge is -2.07. The van der Waals surface area contributed by atoms with Gasteiger partial charge in [-0.2, -0.15) is 14.6 Å². The zero-order valence-electron chi connectivity index (χ0n) is 9.35. The van der Waals surface area contributed by atoms with Gasteiger partial charge in [0.25, 0.3) is 5.91 Å². The molecule has 0 aliphatic rings. The molecule has 0 bridgehead atoms. The van der Waals surface area contributed by atoms with E-state index < -0.39 is 0 Å². The molecule has 0 atom stereocenters. The molecule has 0 spiro atoms. The van der Waals surface area contributed by atoms with Crippen LogP contribution in [0.2, 0.25) is 0 Å². The number of hydrogen-bond donors (Lipinski definition) is 3. The van der Waals surface area contributed by atoms with Crippen molar-refractivity contribution in [1.29, 1.82) is 0 Å². The van der Waals surface area contributed by atoms with Crippen LogP contribution in [0.3, 0.4) is 0 Å². The first-order chi connectivity index (χ1) is 8.65. The van der Waals surface area contributed by atoms with Crippen molar-refractivity contribution < 1.29 is 4.79 Å². The average molecular weight is 332 g/mol. The van der Waals surface area contributed by atoms with Gasteiger partial charge in [-0.3, -0.25) is 10.2 Å². The number of hydrazine groups is 1. The Labute approximate surface area is 115 Å². The Kier molecular flexibility index (Phi) is 3.99. The number of carbonyl (C=O) groups is 1. The minimum absolute atomic E-state index is 0.00785. The molecule has 8 nitrogen and oxygen atoms in total. The highest BCUT2D eigenvalue weighted by molar-refractivity contribution is 9.10. The Bertz CT molecular complexity index is 586. The summed E-state index contributed by atoms with van der Waals surface area (Å²) in [7, 11) is 0. The quantitative estimate of drug-likeness (QED) is 0.313. The van der Waals surface area contributed by atoms with Crippen molar-refractivity contribution in [2.45, 2.75) is 5.16 Å². The number of thioether (sulfide) groups is 1. The summed E-state index contributed by atoms with van der Waals surface area (Å²) in [5.74, 6) is 5.08. The van der Waals surface area contributed by atoms with Gasteiger partial charge < -0.3 is 5.32 Å². The van der Waals surface area contributed by atoms with Crippen LogP contribution in [0.25, 0.3) is 5.65 Å². The molecule has 0 aromatic carbocycles. The summed E-state index contributed by atoms with van der Waals surface area (Å²) < 4.78 is 2.26. The molecule has 0 unspecified atom stereocenters. The summed E-state index contributed by atoms with van der Waals surface area (Å²) in [6.45, 7) is 0.00785. The molecule has 0 saturated heterocycles. The first-order valence-corrected chi connectivity index (χ1v) is 6.86. The monoisotopic (exact) mass is 331 g/mol. The molecule has 18 heavy (non-hydrogen) atoms. The molecule has 0 saturated carbocycles. The van der Waals surface area contributed by atoms with Crippen LogP contribution in [-0.2, 0) is 4.79 Å². The molecule has 1 amide bonds. The molecule has 0 aliphatic heterocycles. The number of nitrogens with one attached hydrogen (secondary N) is 2. The summed E-state index contributed by atoms with van der Waals surface area (Å²) in [5, 5.41) is 7.54. The molecular formula is C8H10BrN7OS. The Hall–Kier alpha value is -1.39. The smallest absolute Gasteiger partial charge is 0.253 e. The first kappa shape index (κ1) is 13.1. The molecular weight excluding hydrogens is 322 g/mol. The van der Waals surface area contributed by atoms with Gasteiger partial charge in [0.15, 0.2) is 10.8 Å². The Morgan fingerprint density at radius 2 is 2.39 bits per heavy atom. The third-order valence-corrected chi connectivity index (χ3v) is 3.16. The molecule has 0 aliphatic carbocycles. The third-order valence-electron chi connectivity index (χ3n) is 2.06. The van der Waals surface area contributed by atoms with E-state index in [2.05, 4.69) is 36.3 Å². The van der Waals surface area contributed by atoms with Crippen molar-refractivity contribution in [3.05, 3.63) is 10.7 Å². The Morgan fingerprint density at radius 1 is 1.61 bits per heavy atom. The summed E-state index contributed by atoms with van der Waals surface area (Å²) >= 11 is 4.75. The average Bonchev–Trinajstić information content (AvgIpc) is 2.77. The predicted octanol–water partition coefficient (Wildman–Crippen LogP) is 0.0105. The molecule has 2 heterocycles. The number of amides is 1. The lowest BCUT2D eigenvalue weighted by atomic mass is 10.6. The highest BCUT2D eigenvalue weighted by Gasteiger charge is 2.11. The van der Waals surface area contributed by atoms with Crippen molar-refractivity contribution in [1.82, 2.24) is 25.0 Å². The molecule has 2 rings (SSSR count). The van der Waals surface area contributed by atoms with Gasteiger partial charge in [-0.05, 0) is 22.2 Å². The van der Waals surface area contributed by atoms with E-state index in [1.807, 2.05) is 11.7 Å². The summed E-state index contributed by atoms with van der Waals surface area (Å²) in [4.78, 5) is 19.6. The lowest BCUT2D eigenvalue weighted by molar-refractivity contribution is -0.119. The van der Waals surface area contributed by atoms with Gasteiger partial charge in [0, 0.05) is 0 Å². The van der Waals surface area contributed by atoms with Gasteiger partial charge in [-0.15, -0.1) is 0 Å². The normalized spacial score (nSPS) is 10.6.